The van der Waals surface area contributed by atoms with Crippen molar-refractivity contribution in [2.75, 3.05) is 45.9 Å². The zero-order valence-electron chi connectivity index (χ0n) is 11.3. The average molecular weight is 255 g/mol. The normalized spacial score (nSPS) is 18.3. The smallest absolute Gasteiger partial charge is 0.237 e. The first-order chi connectivity index (χ1) is 8.75. The lowest BCUT2D eigenvalue weighted by Crippen LogP contribution is -2.52. The summed E-state index contributed by atoms with van der Waals surface area (Å²) >= 11 is 0. The van der Waals surface area contributed by atoms with E-state index in [0.29, 0.717) is 19.8 Å². The number of nitrogens with zero attached hydrogens (tertiary/aromatic N) is 1. The SMILES string of the molecule is C=CCCOCCNC(=O)C(C)N1CCNCC1. The summed E-state index contributed by atoms with van der Waals surface area (Å²) in [7, 11) is 0. The van der Waals surface area contributed by atoms with Crippen LogP contribution in [0.1, 0.15) is 13.3 Å². The zero-order valence-corrected chi connectivity index (χ0v) is 11.3. The Hall–Kier alpha value is -0.910. The third-order valence-electron chi connectivity index (χ3n) is 3.09. The Bertz CT molecular complexity index is 253. The maximum atomic E-state index is 11.9. The van der Waals surface area contributed by atoms with Gasteiger partial charge in [0.15, 0.2) is 0 Å². The molecular formula is C13H25N3O2. The van der Waals surface area contributed by atoms with Crippen molar-refractivity contribution in [2.24, 2.45) is 0 Å². The van der Waals surface area contributed by atoms with Crippen molar-refractivity contribution in [3.05, 3.63) is 12.7 Å². The van der Waals surface area contributed by atoms with Crippen LogP contribution in [0.4, 0.5) is 0 Å². The molecule has 1 aliphatic heterocycles. The van der Waals surface area contributed by atoms with Gasteiger partial charge in [0.05, 0.1) is 19.3 Å². The van der Waals surface area contributed by atoms with E-state index in [1.54, 1.807) is 0 Å². The Kier molecular flexibility index (Phi) is 7.64. The largest absolute Gasteiger partial charge is 0.379 e. The molecule has 0 aliphatic carbocycles. The number of nitrogens with one attached hydrogen (secondary N) is 2. The minimum atomic E-state index is -0.0553. The van der Waals surface area contributed by atoms with E-state index in [2.05, 4.69) is 22.1 Å². The Morgan fingerprint density at radius 2 is 2.22 bits per heavy atom. The van der Waals surface area contributed by atoms with Crippen LogP contribution in [0.5, 0.6) is 0 Å². The lowest BCUT2D eigenvalue weighted by atomic mass is 10.2. The van der Waals surface area contributed by atoms with Gasteiger partial charge >= 0.3 is 0 Å². The first-order valence-electron chi connectivity index (χ1n) is 6.67. The number of carbonyl (C=O) groups is 1. The molecule has 0 aromatic rings. The Balaban J connectivity index is 2.09. The summed E-state index contributed by atoms with van der Waals surface area (Å²) in [6.45, 7) is 11.2. The van der Waals surface area contributed by atoms with Gasteiger partial charge in [-0.15, -0.1) is 6.58 Å². The highest BCUT2D eigenvalue weighted by Crippen LogP contribution is 2.00. The number of hydrogen-bond acceptors (Lipinski definition) is 4. The van der Waals surface area contributed by atoms with Crippen molar-refractivity contribution in [1.29, 1.82) is 0 Å². The Labute approximate surface area is 110 Å². The summed E-state index contributed by atoms with van der Waals surface area (Å²) in [5.41, 5.74) is 0. The summed E-state index contributed by atoms with van der Waals surface area (Å²) in [4.78, 5) is 14.1. The second-order valence-electron chi connectivity index (χ2n) is 4.44. The fraction of sp³-hybridized carbons (Fsp3) is 0.769. The molecule has 1 unspecified atom stereocenters. The van der Waals surface area contributed by atoms with Crippen LogP contribution < -0.4 is 10.6 Å². The van der Waals surface area contributed by atoms with Crippen molar-refractivity contribution < 1.29 is 9.53 Å². The second-order valence-corrected chi connectivity index (χ2v) is 4.44. The highest BCUT2D eigenvalue weighted by molar-refractivity contribution is 5.81. The fourth-order valence-corrected chi connectivity index (χ4v) is 1.90. The number of hydrogen-bond donors (Lipinski definition) is 2. The molecule has 104 valence electrons. The predicted molar refractivity (Wildman–Crippen MR) is 72.5 cm³/mol. The van der Waals surface area contributed by atoms with Gasteiger partial charge in [-0.25, -0.2) is 0 Å². The molecule has 1 amide bonds. The second kappa shape index (κ2) is 9.08. The summed E-state index contributed by atoms with van der Waals surface area (Å²) in [6, 6.07) is -0.0553. The van der Waals surface area contributed by atoms with E-state index >= 15 is 0 Å². The molecule has 1 rings (SSSR count). The molecule has 0 saturated carbocycles. The topological polar surface area (TPSA) is 53.6 Å². The monoisotopic (exact) mass is 255 g/mol. The molecule has 5 nitrogen and oxygen atoms in total. The van der Waals surface area contributed by atoms with Gasteiger partial charge in [-0.3, -0.25) is 9.69 Å². The highest BCUT2D eigenvalue weighted by atomic mass is 16.5. The molecule has 1 atom stereocenters. The standard InChI is InChI=1S/C13H25N3O2/c1-3-4-10-18-11-7-15-13(17)12(2)16-8-5-14-6-9-16/h3,12,14H,1,4-11H2,2H3,(H,15,17). The lowest BCUT2D eigenvalue weighted by molar-refractivity contribution is -0.126. The van der Waals surface area contributed by atoms with Crippen LogP contribution in [0.2, 0.25) is 0 Å². The van der Waals surface area contributed by atoms with E-state index in [9.17, 15) is 4.79 Å². The number of carbonyl (C=O) groups excluding carboxylic acids is 1. The van der Waals surface area contributed by atoms with Gasteiger partial charge in [0, 0.05) is 32.7 Å². The van der Waals surface area contributed by atoms with Gasteiger partial charge in [0.2, 0.25) is 5.91 Å². The summed E-state index contributed by atoms with van der Waals surface area (Å²) < 4.78 is 5.34. The molecule has 0 spiro atoms. The van der Waals surface area contributed by atoms with Crippen molar-refractivity contribution in [3.63, 3.8) is 0 Å². The van der Waals surface area contributed by atoms with Crippen LogP contribution in [-0.2, 0) is 9.53 Å². The van der Waals surface area contributed by atoms with Gasteiger partial charge in [0.25, 0.3) is 0 Å². The third-order valence-corrected chi connectivity index (χ3v) is 3.09. The molecular weight excluding hydrogens is 230 g/mol. The molecule has 0 aromatic carbocycles. The molecule has 1 heterocycles. The summed E-state index contributed by atoms with van der Waals surface area (Å²) in [5, 5.41) is 6.18. The molecule has 18 heavy (non-hydrogen) atoms. The van der Waals surface area contributed by atoms with Crippen LogP contribution in [0.25, 0.3) is 0 Å². The Morgan fingerprint density at radius 1 is 1.50 bits per heavy atom. The highest BCUT2D eigenvalue weighted by Gasteiger charge is 2.21. The Morgan fingerprint density at radius 3 is 2.89 bits per heavy atom. The fourth-order valence-electron chi connectivity index (χ4n) is 1.90. The van der Waals surface area contributed by atoms with Gasteiger partial charge in [-0.1, -0.05) is 6.08 Å². The average Bonchev–Trinajstić information content (AvgIpc) is 2.42. The minimum absolute atomic E-state index is 0.0553. The molecule has 0 aromatic heterocycles. The molecule has 5 heteroatoms. The van der Waals surface area contributed by atoms with E-state index < -0.39 is 0 Å². The van der Waals surface area contributed by atoms with Crippen LogP contribution >= 0.6 is 0 Å². The minimum Gasteiger partial charge on any atom is -0.379 e. The van der Waals surface area contributed by atoms with Crippen molar-refractivity contribution in [3.8, 4) is 0 Å². The quantitative estimate of drug-likeness (QED) is 0.473. The predicted octanol–water partition coefficient (Wildman–Crippen LogP) is -0.0110. The van der Waals surface area contributed by atoms with Gasteiger partial charge in [0.1, 0.15) is 0 Å². The van der Waals surface area contributed by atoms with Gasteiger partial charge in [-0.05, 0) is 13.3 Å². The third kappa shape index (κ3) is 5.62. The number of rotatable bonds is 8. The molecule has 1 aliphatic rings. The molecule has 1 saturated heterocycles. The van der Waals surface area contributed by atoms with Crippen LogP contribution in [0, 0.1) is 0 Å². The van der Waals surface area contributed by atoms with Crippen molar-refractivity contribution in [1.82, 2.24) is 15.5 Å². The van der Waals surface area contributed by atoms with Gasteiger partial charge in [-0.2, -0.15) is 0 Å². The number of piperazine rings is 1. The van der Waals surface area contributed by atoms with Crippen molar-refractivity contribution in [2.45, 2.75) is 19.4 Å². The molecule has 2 N–H and O–H groups in total. The summed E-state index contributed by atoms with van der Waals surface area (Å²) in [5.74, 6) is 0.0872. The zero-order chi connectivity index (χ0) is 13.2. The maximum absolute atomic E-state index is 11.9. The maximum Gasteiger partial charge on any atom is 0.237 e. The van der Waals surface area contributed by atoms with E-state index in [1.165, 1.54) is 0 Å². The van der Waals surface area contributed by atoms with E-state index in [-0.39, 0.29) is 11.9 Å². The van der Waals surface area contributed by atoms with E-state index in [0.717, 1.165) is 32.6 Å². The summed E-state index contributed by atoms with van der Waals surface area (Å²) in [6.07, 6.45) is 2.68. The number of amides is 1. The first kappa shape index (κ1) is 15.1. The lowest BCUT2D eigenvalue weighted by Gasteiger charge is -2.31. The van der Waals surface area contributed by atoms with E-state index in [4.69, 9.17) is 4.74 Å². The molecule has 0 radical (unpaired) electrons. The van der Waals surface area contributed by atoms with Crippen molar-refractivity contribution >= 4 is 5.91 Å². The first-order valence-corrected chi connectivity index (χ1v) is 6.67. The molecule has 1 fully saturated rings. The molecule has 0 bridgehead atoms. The number of ether oxygens (including phenoxy) is 1. The van der Waals surface area contributed by atoms with Crippen LogP contribution in [-0.4, -0.2) is 62.8 Å². The van der Waals surface area contributed by atoms with Crippen LogP contribution in [0.15, 0.2) is 12.7 Å². The van der Waals surface area contributed by atoms with E-state index in [1.807, 2.05) is 13.0 Å². The van der Waals surface area contributed by atoms with Crippen LogP contribution in [0.3, 0.4) is 0 Å². The van der Waals surface area contributed by atoms with Gasteiger partial charge < -0.3 is 15.4 Å².